The average molecular weight is 299 g/mol. The summed E-state index contributed by atoms with van der Waals surface area (Å²) in [7, 11) is -4.23. The molecule has 1 amide bonds. The molecule has 3 N–H and O–H groups in total. The molecule has 20 heavy (non-hydrogen) atoms. The first-order chi connectivity index (χ1) is 9.20. The van der Waals surface area contributed by atoms with Gasteiger partial charge in [0.2, 0.25) is 15.9 Å². The highest BCUT2D eigenvalue weighted by Gasteiger charge is 2.29. The number of benzene rings is 1. The number of sulfonamides is 1. The highest BCUT2D eigenvalue weighted by Crippen LogP contribution is 2.19. The highest BCUT2D eigenvalue weighted by molar-refractivity contribution is 7.89. The number of rotatable bonds is 5. The molecule has 0 aliphatic heterocycles. The van der Waals surface area contributed by atoms with Gasteiger partial charge in [-0.25, -0.2) is 12.8 Å². The van der Waals surface area contributed by atoms with Gasteiger partial charge in [-0.15, -0.1) is 0 Å². The van der Waals surface area contributed by atoms with Crippen LogP contribution in [0.2, 0.25) is 0 Å². The van der Waals surface area contributed by atoms with Gasteiger partial charge in [0.25, 0.3) is 0 Å². The number of nitriles is 1. The van der Waals surface area contributed by atoms with Crippen LogP contribution in [0.5, 0.6) is 0 Å². The number of amides is 1. The Kier molecular flexibility index (Phi) is 4.81. The Hall–Kier alpha value is -1.98. The fourth-order valence-corrected chi connectivity index (χ4v) is 3.11. The number of carbonyl (C=O) groups is 1. The summed E-state index contributed by atoms with van der Waals surface area (Å²) in [6.45, 7) is 3.21. The number of nitrogens with zero attached hydrogens (tertiary/aromatic N) is 1. The molecule has 0 spiro atoms. The van der Waals surface area contributed by atoms with Gasteiger partial charge in [-0.2, -0.15) is 9.98 Å². The van der Waals surface area contributed by atoms with Gasteiger partial charge in [-0.3, -0.25) is 4.79 Å². The lowest BCUT2D eigenvalue weighted by atomic mass is 10.1. The van der Waals surface area contributed by atoms with E-state index in [0.29, 0.717) is 0 Å². The van der Waals surface area contributed by atoms with E-state index in [1.165, 1.54) is 12.1 Å². The molecule has 0 aliphatic rings. The molecular weight excluding hydrogens is 285 g/mol. The predicted molar refractivity (Wildman–Crippen MR) is 69.3 cm³/mol. The third-order valence-corrected chi connectivity index (χ3v) is 4.12. The van der Waals surface area contributed by atoms with Gasteiger partial charge in [0, 0.05) is 0 Å². The highest BCUT2D eigenvalue weighted by atomic mass is 32.2. The second kappa shape index (κ2) is 5.98. The summed E-state index contributed by atoms with van der Waals surface area (Å²) >= 11 is 0. The minimum absolute atomic E-state index is 0.388. The fraction of sp³-hybridized carbons (Fsp3) is 0.333. The molecule has 0 saturated heterocycles. The Morgan fingerprint density at radius 3 is 2.50 bits per heavy atom. The first-order valence-electron chi connectivity index (χ1n) is 5.71. The van der Waals surface area contributed by atoms with E-state index in [2.05, 4.69) is 4.72 Å². The topological polar surface area (TPSA) is 113 Å². The van der Waals surface area contributed by atoms with E-state index in [1.54, 1.807) is 13.8 Å². The maximum atomic E-state index is 13.4. The Bertz CT molecular complexity index is 665. The lowest BCUT2D eigenvalue weighted by molar-refractivity contribution is -0.120. The summed E-state index contributed by atoms with van der Waals surface area (Å²) in [5.41, 5.74) is 4.51. The standard InChI is InChI=1S/C12H14FN3O3S/c1-7(2)11(12(15)17)16-20(18,19)10-5-3-4-9(13)8(10)6-14/h3-5,7,11,16H,1-2H3,(H2,15,17). The smallest absolute Gasteiger partial charge is 0.242 e. The van der Waals surface area contributed by atoms with Crippen molar-refractivity contribution in [3.63, 3.8) is 0 Å². The zero-order valence-corrected chi connectivity index (χ0v) is 11.7. The summed E-state index contributed by atoms with van der Waals surface area (Å²) in [4.78, 5) is 10.7. The van der Waals surface area contributed by atoms with E-state index in [-0.39, 0.29) is 5.92 Å². The van der Waals surface area contributed by atoms with Crippen molar-refractivity contribution < 1.29 is 17.6 Å². The Balaban J connectivity index is 3.29. The van der Waals surface area contributed by atoms with Gasteiger partial charge in [0.05, 0.1) is 0 Å². The maximum Gasteiger partial charge on any atom is 0.242 e. The third kappa shape index (κ3) is 3.31. The molecule has 0 aromatic heterocycles. The van der Waals surface area contributed by atoms with E-state index in [1.807, 2.05) is 0 Å². The fourth-order valence-electron chi connectivity index (χ4n) is 1.59. The van der Waals surface area contributed by atoms with E-state index in [9.17, 15) is 17.6 Å². The largest absolute Gasteiger partial charge is 0.368 e. The molecular formula is C12H14FN3O3S. The van der Waals surface area contributed by atoms with Crippen LogP contribution in [0.3, 0.4) is 0 Å². The van der Waals surface area contributed by atoms with Crippen molar-refractivity contribution in [1.82, 2.24) is 4.72 Å². The van der Waals surface area contributed by atoms with Gasteiger partial charge < -0.3 is 5.73 Å². The van der Waals surface area contributed by atoms with Crippen molar-refractivity contribution in [1.29, 1.82) is 5.26 Å². The molecule has 1 unspecified atom stereocenters. The molecule has 0 heterocycles. The first-order valence-corrected chi connectivity index (χ1v) is 7.19. The molecule has 0 fully saturated rings. The minimum atomic E-state index is -4.23. The van der Waals surface area contributed by atoms with Crippen molar-refractivity contribution >= 4 is 15.9 Å². The number of nitrogens with two attached hydrogens (primary N) is 1. The molecule has 1 atom stereocenters. The second-order valence-corrected chi connectivity index (χ2v) is 6.15. The summed E-state index contributed by atoms with van der Waals surface area (Å²) in [6.07, 6.45) is 0. The van der Waals surface area contributed by atoms with E-state index < -0.39 is 38.2 Å². The summed E-state index contributed by atoms with van der Waals surface area (Å²) in [5, 5.41) is 8.84. The molecule has 0 radical (unpaired) electrons. The lowest BCUT2D eigenvalue weighted by Crippen LogP contribution is -2.47. The van der Waals surface area contributed by atoms with Crippen molar-refractivity contribution in [3.8, 4) is 6.07 Å². The SMILES string of the molecule is CC(C)C(NS(=O)(=O)c1cccc(F)c1C#N)C(N)=O. The van der Waals surface area contributed by atoms with Crippen LogP contribution in [0, 0.1) is 23.1 Å². The van der Waals surface area contributed by atoms with Gasteiger partial charge in [-0.05, 0) is 18.1 Å². The Morgan fingerprint density at radius 2 is 2.05 bits per heavy atom. The number of halogens is 1. The van der Waals surface area contributed by atoms with Crippen LogP contribution in [0.15, 0.2) is 23.1 Å². The molecule has 0 aliphatic carbocycles. The minimum Gasteiger partial charge on any atom is -0.368 e. The van der Waals surface area contributed by atoms with Crippen LogP contribution in [0.4, 0.5) is 4.39 Å². The Morgan fingerprint density at radius 1 is 1.45 bits per heavy atom. The molecule has 6 nitrogen and oxygen atoms in total. The predicted octanol–water partition coefficient (Wildman–Crippen LogP) is 0.486. The number of hydrogen-bond donors (Lipinski definition) is 2. The molecule has 1 aromatic carbocycles. The summed E-state index contributed by atoms with van der Waals surface area (Å²) in [6, 6.07) is 3.58. The van der Waals surface area contributed by atoms with Gasteiger partial charge in [-0.1, -0.05) is 19.9 Å². The molecule has 1 rings (SSSR count). The van der Waals surface area contributed by atoms with Crippen LogP contribution in [-0.4, -0.2) is 20.4 Å². The monoisotopic (exact) mass is 299 g/mol. The third-order valence-electron chi connectivity index (χ3n) is 2.63. The normalized spacial score (nSPS) is 12.9. The zero-order valence-electron chi connectivity index (χ0n) is 10.9. The molecule has 108 valence electrons. The van der Waals surface area contributed by atoms with Crippen LogP contribution in [0.1, 0.15) is 19.4 Å². The molecule has 0 bridgehead atoms. The first kappa shape index (κ1) is 16.1. The van der Waals surface area contributed by atoms with Crippen molar-refractivity contribution in [2.24, 2.45) is 11.7 Å². The number of hydrogen-bond acceptors (Lipinski definition) is 4. The van der Waals surface area contributed by atoms with Crippen LogP contribution in [-0.2, 0) is 14.8 Å². The zero-order chi connectivity index (χ0) is 15.5. The maximum absolute atomic E-state index is 13.4. The number of carbonyl (C=O) groups excluding carboxylic acids is 1. The van der Waals surface area contributed by atoms with E-state index >= 15 is 0 Å². The molecule has 8 heteroatoms. The summed E-state index contributed by atoms with van der Waals surface area (Å²) < 4.78 is 39.8. The van der Waals surface area contributed by atoms with Crippen molar-refractivity contribution in [2.45, 2.75) is 24.8 Å². The van der Waals surface area contributed by atoms with E-state index in [0.717, 1.165) is 12.1 Å². The van der Waals surface area contributed by atoms with Crippen LogP contribution < -0.4 is 10.5 Å². The lowest BCUT2D eigenvalue weighted by Gasteiger charge is -2.19. The molecule has 1 aromatic rings. The van der Waals surface area contributed by atoms with Crippen LogP contribution >= 0.6 is 0 Å². The number of primary amides is 1. The van der Waals surface area contributed by atoms with Gasteiger partial charge >= 0.3 is 0 Å². The van der Waals surface area contributed by atoms with Crippen molar-refractivity contribution in [2.75, 3.05) is 0 Å². The van der Waals surface area contributed by atoms with Crippen LogP contribution in [0.25, 0.3) is 0 Å². The van der Waals surface area contributed by atoms with Crippen molar-refractivity contribution in [3.05, 3.63) is 29.6 Å². The quantitative estimate of drug-likeness (QED) is 0.823. The van der Waals surface area contributed by atoms with E-state index in [4.69, 9.17) is 11.0 Å². The summed E-state index contributed by atoms with van der Waals surface area (Å²) in [5.74, 6) is -2.18. The Labute approximate surface area is 116 Å². The average Bonchev–Trinajstić information content (AvgIpc) is 2.35. The van der Waals surface area contributed by atoms with Gasteiger partial charge in [0.15, 0.2) is 0 Å². The number of nitrogens with one attached hydrogen (secondary N) is 1. The van der Waals surface area contributed by atoms with Gasteiger partial charge in [0.1, 0.15) is 28.4 Å². The molecule has 0 saturated carbocycles. The second-order valence-electron chi connectivity index (χ2n) is 4.47.